The molecule has 0 unspecified atom stereocenters. The van der Waals surface area contributed by atoms with Crippen LogP contribution in [0.15, 0.2) is 63.9 Å². The molecule has 11 heteroatoms. The van der Waals surface area contributed by atoms with Crippen LogP contribution in [0, 0.1) is 17.0 Å². The first kappa shape index (κ1) is 20.5. The molecule has 2 aromatic heterocycles. The second-order valence-electron chi connectivity index (χ2n) is 6.84. The number of nitrogens with one attached hydrogen (secondary N) is 1. The number of rotatable bonds is 5. The summed E-state index contributed by atoms with van der Waals surface area (Å²) in [6.45, 7) is 1.88. The molecule has 0 saturated heterocycles. The van der Waals surface area contributed by atoms with Gasteiger partial charge in [0.25, 0.3) is 11.6 Å². The maximum absolute atomic E-state index is 12.9. The molecule has 0 atom stereocenters. The number of non-ortho nitro benzene ring substituents is 1. The summed E-state index contributed by atoms with van der Waals surface area (Å²) in [5.74, 6) is -2.45. The molecule has 0 radical (unpaired) electrons. The fourth-order valence-electron chi connectivity index (χ4n) is 3.06. The third kappa shape index (κ3) is 3.69. The Bertz CT molecular complexity index is 1450. The fourth-order valence-corrected chi connectivity index (χ4v) is 3.06. The van der Waals surface area contributed by atoms with Crippen LogP contribution in [-0.2, 0) is 0 Å². The van der Waals surface area contributed by atoms with Gasteiger partial charge in [-0.1, -0.05) is 17.7 Å². The molecule has 2 aromatic carbocycles. The maximum atomic E-state index is 12.9. The van der Waals surface area contributed by atoms with E-state index in [-0.39, 0.29) is 28.0 Å². The van der Waals surface area contributed by atoms with E-state index in [1.165, 1.54) is 16.8 Å². The van der Waals surface area contributed by atoms with Crippen molar-refractivity contribution >= 4 is 34.4 Å². The van der Waals surface area contributed by atoms with Gasteiger partial charge in [-0.25, -0.2) is 14.3 Å². The predicted octanol–water partition coefficient (Wildman–Crippen LogP) is 3.15. The average Bonchev–Trinajstić information content (AvgIpc) is 3.17. The molecular weight excluding hydrogens is 420 g/mol. The van der Waals surface area contributed by atoms with Crippen LogP contribution in [0.3, 0.4) is 0 Å². The number of nitro groups is 1. The molecule has 0 saturated carbocycles. The van der Waals surface area contributed by atoms with E-state index in [0.717, 1.165) is 23.9 Å². The second kappa shape index (κ2) is 7.80. The van der Waals surface area contributed by atoms with Crippen LogP contribution in [0.5, 0.6) is 0 Å². The van der Waals surface area contributed by atoms with E-state index in [9.17, 15) is 29.6 Å². The monoisotopic (exact) mass is 434 g/mol. The van der Waals surface area contributed by atoms with E-state index in [4.69, 9.17) is 4.42 Å². The Hall–Kier alpha value is -4.80. The lowest BCUT2D eigenvalue weighted by Crippen LogP contribution is -2.23. The van der Waals surface area contributed by atoms with Crippen molar-refractivity contribution in [3.8, 4) is 5.69 Å². The number of carbonyl (C=O) groups is 2. The van der Waals surface area contributed by atoms with Gasteiger partial charge < -0.3 is 14.8 Å². The molecular formula is C21H14N4O7. The lowest BCUT2D eigenvalue weighted by Gasteiger charge is -2.10. The lowest BCUT2D eigenvalue weighted by molar-refractivity contribution is -0.384. The van der Waals surface area contributed by atoms with E-state index >= 15 is 0 Å². The van der Waals surface area contributed by atoms with Crippen molar-refractivity contribution in [3.05, 3.63) is 92.0 Å². The van der Waals surface area contributed by atoms with E-state index in [1.807, 2.05) is 6.92 Å². The van der Waals surface area contributed by atoms with E-state index in [0.29, 0.717) is 5.69 Å². The zero-order chi connectivity index (χ0) is 23.0. The highest BCUT2D eigenvalue weighted by Crippen LogP contribution is 2.23. The summed E-state index contributed by atoms with van der Waals surface area (Å²) in [4.78, 5) is 47.2. The van der Waals surface area contributed by atoms with Crippen LogP contribution in [0.1, 0.15) is 26.3 Å². The number of amides is 1. The number of hydrogen-bond acceptors (Lipinski definition) is 7. The smallest absolute Gasteiger partial charge is 0.349 e. The van der Waals surface area contributed by atoms with Crippen molar-refractivity contribution in [3.63, 3.8) is 0 Å². The van der Waals surface area contributed by atoms with Gasteiger partial charge in [-0.2, -0.15) is 5.10 Å². The minimum atomic E-state index is -1.33. The highest BCUT2D eigenvalue weighted by Gasteiger charge is 2.23. The summed E-state index contributed by atoms with van der Waals surface area (Å²) in [5, 5.41) is 27.1. The molecule has 2 N–H and O–H groups in total. The summed E-state index contributed by atoms with van der Waals surface area (Å²) in [6.07, 6.45) is 1.07. The number of hydrogen-bond donors (Lipinski definition) is 2. The van der Waals surface area contributed by atoms with Gasteiger partial charge in [-0.15, -0.1) is 0 Å². The SMILES string of the molecule is Cc1ccc(-n2ncc(C(=O)O)c2NC(=O)c2cc3cc([N+](=O)[O-])ccc3oc2=O)cc1. The number of carbonyl (C=O) groups excluding carboxylic acids is 1. The maximum Gasteiger partial charge on any atom is 0.349 e. The van der Waals surface area contributed by atoms with Crippen LogP contribution < -0.4 is 10.9 Å². The molecule has 11 nitrogen and oxygen atoms in total. The van der Waals surface area contributed by atoms with Crippen LogP contribution in [-0.4, -0.2) is 31.7 Å². The molecule has 0 aliphatic carbocycles. The Kier molecular flexibility index (Phi) is 4.99. The molecule has 160 valence electrons. The molecule has 1 amide bonds. The van der Waals surface area contributed by atoms with Gasteiger partial charge in [0.1, 0.15) is 16.7 Å². The van der Waals surface area contributed by atoms with E-state index < -0.39 is 28.0 Å². The molecule has 4 rings (SSSR count). The van der Waals surface area contributed by atoms with Gasteiger partial charge in [-0.3, -0.25) is 14.9 Å². The van der Waals surface area contributed by atoms with Crippen molar-refractivity contribution in [1.29, 1.82) is 0 Å². The predicted molar refractivity (Wildman–Crippen MR) is 112 cm³/mol. The first-order chi connectivity index (χ1) is 15.2. The fraction of sp³-hybridized carbons (Fsp3) is 0.0476. The Labute approximate surface area is 178 Å². The van der Waals surface area contributed by atoms with Crippen molar-refractivity contribution in [2.45, 2.75) is 6.92 Å². The second-order valence-corrected chi connectivity index (χ2v) is 6.84. The Morgan fingerprint density at radius 2 is 1.84 bits per heavy atom. The number of nitrogens with zero attached hydrogens (tertiary/aromatic N) is 3. The molecule has 32 heavy (non-hydrogen) atoms. The molecule has 0 aliphatic heterocycles. The molecule has 0 aliphatic rings. The van der Waals surface area contributed by atoms with Gasteiger partial charge in [0, 0.05) is 17.5 Å². The largest absolute Gasteiger partial charge is 0.477 e. The molecule has 0 bridgehead atoms. The normalized spacial score (nSPS) is 10.8. The molecule has 4 aromatic rings. The zero-order valence-electron chi connectivity index (χ0n) is 16.4. The minimum Gasteiger partial charge on any atom is -0.477 e. The van der Waals surface area contributed by atoms with Crippen LogP contribution >= 0.6 is 0 Å². The van der Waals surface area contributed by atoms with Gasteiger partial charge in [-0.05, 0) is 31.2 Å². The first-order valence-electron chi connectivity index (χ1n) is 9.16. The number of nitro benzene ring substituents is 1. The van der Waals surface area contributed by atoms with Crippen molar-refractivity contribution in [2.24, 2.45) is 0 Å². The number of fused-ring (bicyclic) bond motifs is 1. The first-order valence-corrected chi connectivity index (χ1v) is 9.16. The standard InChI is InChI=1S/C21H14N4O7/c1-11-2-4-13(5-3-11)24-18(16(10-22-24)20(27)28)23-19(26)15-9-12-8-14(25(30)31)6-7-17(12)32-21(15)29/h2-10H,1H3,(H,23,26)(H,27,28). The van der Waals surface area contributed by atoms with Gasteiger partial charge in [0.2, 0.25) is 0 Å². The summed E-state index contributed by atoms with van der Waals surface area (Å²) < 4.78 is 6.31. The summed E-state index contributed by atoms with van der Waals surface area (Å²) in [6, 6.07) is 11.7. The average molecular weight is 434 g/mol. The molecule has 2 heterocycles. The molecule has 0 fully saturated rings. The summed E-state index contributed by atoms with van der Waals surface area (Å²) in [5.41, 5.74) is -0.461. The number of aromatic carboxylic acids is 1. The number of aromatic nitrogens is 2. The van der Waals surface area contributed by atoms with Crippen molar-refractivity contribution in [2.75, 3.05) is 5.32 Å². The zero-order valence-corrected chi connectivity index (χ0v) is 16.4. The summed E-state index contributed by atoms with van der Waals surface area (Å²) >= 11 is 0. The Morgan fingerprint density at radius 3 is 2.50 bits per heavy atom. The third-order valence-corrected chi connectivity index (χ3v) is 4.68. The third-order valence-electron chi connectivity index (χ3n) is 4.68. The van der Waals surface area contributed by atoms with Gasteiger partial charge in [0.15, 0.2) is 5.82 Å². The van der Waals surface area contributed by atoms with Crippen molar-refractivity contribution < 1.29 is 24.0 Å². The number of carboxylic acid groups (broad SMARTS) is 1. The summed E-state index contributed by atoms with van der Waals surface area (Å²) in [7, 11) is 0. The number of carboxylic acids is 1. The Balaban J connectivity index is 1.77. The minimum absolute atomic E-state index is 0.0630. The highest BCUT2D eigenvalue weighted by molar-refractivity contribution is 6.08. The topological polar surface area (TPSA) is 158 Å². The van der Waals surface area contributed by atoms with Gasteiger partial charge >= 0.3 is 11.6 Å². The van der Waals surface area contributed by atoms with E-state index in [2.05, 4.69) is 10.4 Å². The van der Waals surface area contributed by atoms with Crippen LogP contribution in [0.2, 0.25) is 0 Å². The van der Waals surface area contributed by atoms with Crippen LogP contribution in [0.4, 0.5) is 11.5 Å². The molecule has 0 spiro atoms. The lowest BCUT2D eigenvalue weighted by atomic mass is 10.1. The Morgan fingerprint density at radius 1 is 1.12 bits per heavy atom. The quantitative estimate of drug-likeness (QED) is 0.275. The van der Waals surface area contributed by atoms with Crippen LogP contribution in [0.25, 0.3) is 16.7 Å². The van der Waals surface area contributed by atoms with E-state index in [1.54, 1.807) is 24.3 Å². The number of benzene rings is 2. The highest BCUT2D eigenvalue weighted by atomic mass is 16.6. The van der Waals surface area contributed by atoms with Gasteiger partial charge in [0.05, 0.1) is 16.8 Å². The number of aryl methyl sites for hydroxylation is 1. The number of anilines is 1. The van der Waals surface area contributed by atoms with Crippen molar-refractivity contribution in [1.82, 2.24) is 9.78 Å².